The van der Waals surface area contributed by atoms with Crippen molar-refractivity contribution in [2.75, 3.05) is 5.32 Å². The van der Waals surface area contributed by atoms with Gasteiger partial charge in [0.2, 0.25) is 0 Å². The van der Waals surface area contributed by atoms with Crippen LogP contribution in [0.4, 0.5) is 5.69 Å². The SMILES string of the molecule is CC(=O)/C=C(/C)Nc1c(C)cc(C)cc1C. The van der Waals surface area contributed by atoms with E-state index in [1.54, 1.807) is 13.0 Å². The maximum absolute atomic E-state index is 11.0. The molecule has 0 spiro atoms. The van der Waals surface area contributed by atoms with Gasteiger partial charge in [-0.05, 0) is 51.8 Å². The highest BCUT2D eigenvalue weighted by molar-refractivity contribution is 5.88. The summed E-state index contributed by atoms with van der Waals surface area (Å²) in [6.07, 6.45) is 1.61. The van der Waals surface area contributed by atoms with Crippen LogP contribution in [-0.2, 0) is 4.79 Å². The number of anilines is 1. The van der Waals surface area contributed by atoms with Crippen LogP contribution in [0.1, 0.15) is 30.5 Å². The number of benzene rings is 1. The Kier molecular flexibility index (Phi) is 3.88. The molecule has 16 heavy (non-hydrogen) atoms. The number of nitrogens with one attached hydrogen (secondary N) is 1. The molecule has 1 N–H and O–H groups in total. The van der Waals surface area contributed by atoms with Gasteiger partial charge in [-0.25, -0.2) is 0 Å². The van der Waals surface area contributed by atoms with Crippen LogP contribution in [0.5, 0.6) is 0 Å². The molecule has 0 unspecified atom stereocenters. The summed E-state index contributed by atoms with van der Waals surface area (Å²) >= 11 is 0. The van der Waals surface area contributed by atoms with Crippen LogP contribution in [-0.4, -0.2) is 5.78 Å². The fourth-order valence-electron chi connectivity index (χ4n) is 1.92. The summed E-state index contributed by atoms with van der Waals surface area (Å²) in [6, 6.07) is 4.27. The first-order chi connectivity index (χ1) is 7.40. The molecule has 0 aromatic heterocycles. The van der Waals surface area contributed by atoms with E-state index in [4.69, 9.17) is 0 Å². The van der Waals surface area contributed by atoms with E-state index in [-0.39, 0.29) is 5.78 Å². The van der Waals surface area contributed by atoms with Crippen molar-refractivity contribution >= 4 is 11.5 Å². The van der Waals surface area contributed by atoms with Crippen molar-refractivity contribution in [1.82, 2.24) is 0 Å². The maximum Gasteiger partial charge on any atom is 0.154 e. The second-order valence-electron chi connectivity index (χ2n) is 4.34. The third-order valence-electron chi connectivity index (χ3n) is 2.42. The van der Waals surface area contributed by atoms with Crippen molar-refractivity contribution in [3.8, 4) is 0 Å². The summed E-state index contributed by atoms with van der Waals surface area (Å²) in [4.78, 5) is 11.0. The summed E-state index contributed by atoms with van der Waals surface area (Å²) in [5.41, 5.74) is 5.64. The fourth-order valence-corrected chi connectivity index (χ4v) is 1.92. The maximum atomic E-state index is 11.0. The molecule has 0 atom stereocenters. The largest absolute Gasteiger partial charge is 0.359 e. The van der Waals surface area contributed by atoms with Crippen LogP contribution in [0, 0.1) is 20.8 Å². The molecule has 0 saturated heterocycles. The Hall–Kier alpha value is -1.57. The highest BCUT2D eigenvalue weighted by Gasteiger charge is 2.03. The molecule has 0 aliphatic heterocycles. The summed E-state index contributed by atoms with van der Waals surface area (Å²) in [5.74, 6) is 0.0624. The van der Waals surface area contributed by atoms with Crippen molar-refractivity contribution in [3.05, 3.63) is 40.6 Å². The molecule has 1 rings (SSSR count). The van der Waals surface area contributed by atoms with Gasteiger partial charge < -0.3 is 5.32 Å². The molecule has 0 radical (unpaired) electrons. The van der Waals surface area contributed by atoms with Gasteiger partial charge in [-0.3, -0.25) is 4.79 Å². The second-order valence-corrected chi connectivity index (χ2v) is 4.34. The summed E-state index contributed by atoms with van der Waals surface area (Å²) in [7, 11) is 0. The Morgan fingerprint density at radius 2 is 1.62 bits per heavy atom. The molecule has 0 amide bonds. The number of hydrogen-bond donors (Lipinski definition) is 1. The fraction of sp³-hybridized carbons (Fsp3) is 0.357. The predicted octanol–water partition coefficient (Wildman–Crippen LogP) is 3.52. The van der Waals surface area contributed by atoms with E-state index in [0.717, 1.165) is 11.4 Å². The number of ketones is 1. The van der Waals surface area contributed by atoms with Gasteiger partial charge in [-0.2, -0.15) is 0 Å². The van der Waals surface area contributed by atoms with Crippen LogP contribution in [0.15, 0.2) is 23.9 Å². The zero-order valence-electron chi connectivity index (χ0n) is 10.6. The predicted molar refractivity (Wildman–Crippen MR) is 68.7 cm³/mol. The Morgan fingerprint density at radius 1 is 1.12 bits per heavy atom. The van der Waals surface area contributed by atoms with E-state index < -0.39 is 0 Å². The smallest absolute Gasteiger partial charge is 0.154 e. The third-order valence-corrected chi connectivity index (χ3v) is 2.42. The highest BCUT2D eigenvalue weighted by Crippen LogP contribution is 2.23. The first-order valence-electron chi connectivity index (χ1n) is 5.44. The molecule has 0 aliphatic rings. The number of rotatable bonds is 3. The van der Waals surface area contributed by atoms with Gasteiger partial charge in [-0.15, -0.1) is 0 Å². The van der Waals surface area contributed by atoms with Crippen LogP contribution in [0.25, 0.3) is 0 Å². The van der Waals surface area contributed by atoms with E-state index in [0.29, 0.717) is 0 Å². The Morgan fingerprint density at radius 3 is 2.06 bits per heavy atom. The first-order valence-corrected chi connectivity index (χ1v) is 5.44. The van der Waals surface area contributed by atoms with Crippen LogP contribution in [0.2, 0.25) is 0 Å². The lowest BCUT2D eigenvalue weighted by Crippen LogP contribution is -2.02. The van der Waals surface area contributed by atoms with Gasteiger partial charge in [0.05, 0.1) is 0 Å². The number of hydrogen-bond acceptors (Lipinski definition) is 2. The molecule has 0 saturated carbocycles. The molecule has 0 heterocycles. The normalized spacial score (nSPS) is 11.4. The average Bonchev–Trinajstić information content (AvgIpc) is 2.09. The number of carbonyl (C=O) groups excluding carboxylic acids is 1. The molecule has 1 aromatic carbocycles. The van der Waals surface area contributed by atoms with Gasteiger partial charge in [-0.1, -0.05) is 17.7 Å². The average molecular weight is 217 g/mol. The zero-order chi connectivity index (χ0) is 12.3. The molecule has 0 bridgehead atoms. The number of allylic oxidation sites excluding steroid dienone is 2. The summed E-state index contributed by atoms with van der Waals surface area (Å²) in [5, 5.41) is 3.28. The monoisotopic (exact) mass is 217 g/mol. The lowest BCUT2D eigenvalue weighted by Gasteiger charge is -2.13. The minimum absolute atomic E-state index is 0.0624. The zero-order valence-corrected chi connectivity index (χ0v) is 10.6. The topological polar surface area (TPSA) is 29.1 Å². The molecular weight excluding hydrogens is 198 g/mol. The Balaban J connectivity index is 3.02. The van der Waals surface area contributed by atoms with E-state index in [1.165, 1.54) is 16.7 Å². The molecule has 2 nitrogen and oxygen atoms in total. The lowest BCUT2D eigenvalue weighted by molar-refractivity contribution is -0.112. The van der Waals surface area contributed by atoms with Crippen molar-refractivity contribution in [2.45, 2.75) is 34.6 Å². The van der Waals surface area contributed by atoms with Gasteiger partial charge in [0.15, 0.2) is 5.78 Å². The minimum atomic E-state index is 0.0624. The molecular formula is C14H19NO. The van der Waals surface area contributed by atoms with E-state index in [9.17, 15) is 4.79 Å². The Labute approximate surface area is 97.4 Å². The third kappa shape index (κ3) is 3.23. The van der Waals surface area contributed by atoms with Gasteiger partial charge in [0.25, 0.3) is 0 Å². The van der Waals surface area contributed by atoms with E-state index in [1.807, 2.05) is 6.92 Å². The van der Waals surface area contributed by atoms with Crippen LogP contribution in [0.3, 0.4) is 0 Å². The lowest BCUT2D eigenvalue weighted by atomic mass is 10.0. The van der Waals surface area contributed by atoms with Gasteiger partial charge in [0.1, 0.15) is 0 Å². The Bertz CT molecular complexity index is 421. The standard InChI is InChI=1S/C14H19NO/c1-9-6-10(2)14(11(3)7-9)15-12(4)8-13(5)16/h6-8,15H,1-5H3/b12-8-. The summed E-state index contributed by atoms with van der Waals surface area (Å²) < 4.78 is 0. The van der Waals surface area contributed by atoms with E-state index in [2.05, 4.69) is 38.2 Å². The second kappa shape index (κ2) is 4.97. The summed E-state index contributed by atoms with van der Waals surface area (Å²) in [6.45, 7) is 9.69. The molecule has 86 valence electrons. The van der Waals surface area contributed by atoms with E-state index >= 15 is 0 Å². The number of aryl methyl sites for hydroxylation is 3. The minimum Gasteiger partial charge on any atom is -0.359 e. The van der Waals surface area contributed by atoms with Crippen LogP contribution >= 0.6 is 0 Å². The number of carbonyl (C=O) groups is 1. The first kappa shape index (κ1) is 12.5. The van der Waals surface area contributed by atoms with Crippen molar-refractivity contribution in [2.24, 2.45) is 0 Å². The van der Waals surface area contributed by atoms with Crippen LogP contribution < -0.4 is 5.32 Å². The van der Waals surface area contributed by atoms with Crippen molar-refractivity contribution in [1.29, 1.82) is 0 Å². The van der Waals surface area contributed by atoms with Crippen molar-refractivity contribution in [3.63, 3.8) is 0 Å². The molecule has 1 aromatic rings. The molecule has 0 fully saturated rings. The van der Waals surface area contributed by atoms with Gasteiger partial charge >= 0.3 is 0 Å². The van der Waals surface area contributed by atoms with Crippen molar-refractivity contribution < 1.29 is 4.79 Å². The molecule has 0 aliphatic carbocycles. The van der Waals surface area contributed by atoms with Gasteiger partial charge in [0, 0.05) is 11.4 Å². The quantitative estimate of drug-likeness (QED) is 0.785. The molecule has 2 heteroatoms. The highest BCUT2D eigenvalue weighted by atomic mass is 16.1.